The average Bonchev–Trinajstić information content (AvgIpc) is 2.30. The third kappa shape index (κ3) is 1.52. The van der Waals surface area contributed by atoms with E-state index in [1.165, 1.54) is 7.11 Å². The fourth-order valence-corrected chi connectivity index (χ4v) is 1.06. The first-order valence-corrected chi connectivity index (χ1v) is 3.36. The van der Waals surface area contributed by atoms with Crippen molar-refractivity contribution in [3.63, 3.8) is 0 Å². The Morgan fingerprint density at radius 3 is 2.27 bits per heavy atom. The molecular formula is C6H12O5. The second-order valence-electron chi connectivity index (χ2n) is 2.44. The van der Waals surface area contributed by atoms with E-state index < -0.39 is 24.6 Å². The zero-order valence-electron chi connectivity index (χ0n) is 6.17. The van der Waals surface area contributed by atoms with Gasteiger partial charge in [0.2, 0.25) is 0 Å². The van der Waals surface area contributed by atoms with Gasteiger partial charge in [-0.3, -0.25) is 0 Å². The summed E-state index contributed by atoms with van der Waals surface area (Å²) in [6.07, 6.45) is -3.71. The Hall–Kier alpha value is -0.200. The third-order valence-corrected chi connectivity index (χ3v) is 1.73. The standard InChI is InChI=1S/C6H12O5/c1-10-6-5(9)4(8)3(2-7)11-6/h3-9H,2H2,1H3/t3-,4?,5?,6+/m1/s1. The molecule has 0 amide bonds. The van der Waals surface area contributed by atoms with Gasteiger partial charge in [0, 0.05) is 7.11 Å². The normalized spacial score (nSPS) is 44.7. The molecule has 0 aromatic carbocycles. The van der Waals surface area contributed by atoms with E-state index in [1.54, 1.807) is 0 Å². The van der Waals surface area contributed by atoms with Crippen molar-refractivity contribution in [2.75, 3.05) is 13.7 Å². The number of hydrogen-bond donors (Lipinski definition) is 3. The van der Waals surface area contributed by atoms with Gasteiger partial charge in [-0.25, -0.2) is 0 Å². The second kappa shape index (κ2) is 3.46. The highest BCUT2D eigenvalue weighted by molar-refractivity contribution is 4.85. The summed E-state index contributed by atoms with van der Waals surface area (Å²) < 4.78 is 9.59. The van der Waals surface area contributed by atoms with Gasteiger partial charge in [-0.15, -0.1) is 0 Å². The van der Waals surface area contributed by atoms with Gasteiger partial charge in [-0.1, -0.05) is 0 Å². The first-order chi connectivity index (χ1) is 5.20. The van der Waals surface area contributed by atoms with Crippen LogP contribution >= 0.6 is 0 Å². The fraction of sp³-hybridized carbons (Fsp3) is 1.00. The van der Waals surface area contributed by atoms with Crippen LogP contribution in [0.3, 0.4) is 0 Å². The molecule has 2 unspecified atom stereocenters. The van der Waals surface area contributed by atoms with Gasteiger partial charge in [0.25, 0.3) is 0 Å². The van der Waals surface area contributed by atoms with E-state index >= 15 is 0 Å². The van der Waals surface area contributed by atoms with Gasteiger partial charge in [-0.05, 0) is 0 Å². The summed E-state index contributed by atoms with van der Waals surface area (Å²) in [5, 5.41) is 26.9. The van der Waals surface area contributed by atoms with Crippen LogP contribution in [-0.2, 0) is 9.47 Å². The molecule has 66 valence electrons. The zero-order valence-corrected chi connectivity index (χ0v) is 6.17. The molecule has 11 heavy (non-hydrogen) atoms. The van der Waals surface area contributed by atoms with Gasteiger partial charge in [-0.2, -0.15) is 0 Å². The van der Waals surface area contributed by atoms with Crippen LogP contribution in [0, 0.1) is 0 Å². The van der Waals surface area contributed by atoms with Gasteiger partial charge >= 0.3 is 0 Å². The lowest BCUT2D eigenvalue weighted by atomic mass is 10.1. The molecular weight excluding hydrogens is 152 g/mol. The smallest absolute Gasteiger partial charge is 0.186 e. The monoisotopic (exact) mass is 164 g/mol. The molecule has 0 aromatic heterocycles. The molecule has 0 bridgehead atoms. The molecule has 0 saturated carbocycles. The van der Waals surface area contributed by atoms with Gasteiger partial charge in [0.1, 0.15) is 18.3 Å². The Kier molecular flexibility index (Phi) is 2.80. The summed E-state index contributed by atoms with van der Waals surface area (Å²) >= 11 is 0. The van der Waals surface area contributed by atoms with Gasteiger partial charge in [0.05, 0.1) is 6.61 Å². The molecule has 1 rings (SSSR count). The first kappa shape index (κ1) is 8.89. The summed E-state index contributed by atoms with van der Waals surface area (Å²) in [6.45, 7) is -0.321. The maximum Gasteiger partial charge on any atom is 0.186 e. The summed E-state index contributed by atoms with van der Waals surface area (Å²) in [5.41, 5.74) is 0. The quantitative estimate of drug-likeness (QED) is 0.443. The minimum atomic E-state index is -1.07. The van der Waals surface area contributed by atoms with Crippen molar-refractivity contribution in [3.8, 4) is 0 Å². The number of hydrogen-bond acceptors (Lipinski definition) is 5. The molecule has 4 atom stereocenters. The molecule has 0 spiro atoms. The van der Waals surface area contributed by atoms with E-state index in [2.05, 4.69) is 4.74 Å². The van der Waals surface area contributed by atoms with Crippen LogP contribution in [-0.4, -0.2) is 53.6 Å². The molecule has 0 radical (unpaired) electrons. The highest BCUT2D eigenvalue weighted by Crippen LogP contribution is 2.20. The topological polar surface area (TPSA) is 79.2 Å². The molecule has 1 aliphatic rings. The van der Waals surface area contributed by atoms with Crippen molar-refractivity contribution in [2.24, 2.45) is 0 Å². The molecule has 5 nitrogen and oxygen atoms in total. The molecule has 1 fully saturated rings. The van der Waals surface area contributed by atoms with Gasteiger partial charge < -0.3 is 24.8 Å². The second-order valence-corrected chi connectivity index (χ2v) is 2.44. The van der Waals surface area contributed by atoms with Crippen LogP contribution in [0.4, 0.5) is 0 Å². The van der Waals surface area contributed by atoms with Crippen molar-refractivity contribution in [2.45, 2.75) is 24.6 Å². The number of rotatable bonds is 2. The minimum absolute atomic E-state index is 0.321. The molecule has 3 N–H and O–H groups in total. The summed E-state index contributed by atoms with van der Waals surface area (Å²) in [4.78, 5) is 0. The lowest BCUT2D eigenvalue weighted by Gasteiger charge is -2.11. The number of methoxy groups -OCH3 is 1. The SMILES string of the molecule is CO[C@H]1O[C@H](CO)C(O)C1O. The number of aliphatic hydroxyl groups is 3. The predicted molar refractivity (Wildman–Crippen MR) is 34.8 cm³/mol. The van der Waals surface area contributed by atoms with E-state index in [-0.39, 0.29) is 6.61 Å². The van der Waals surface area contributed by atoms with Gasteiger partial charge in [0.15, 0.2) is 6.29 Å². The maximum atomic E-state index is 9.15. The summed E-state index contributed by atoms with van der Waals surface area (Å²) in [7, 11) is 1.36. The lowest BCUT2D eigenvalue weighted by molar-refractivity contribution is -0.153. The largest absolute Gasteiger partial charge is 0.394 e. The van der Waals surface area contributed by atoms with Crippen LogP contribution in [0.15, 0.2) is 0 Å². The molecule has 0 aromatic rings. The molecule has 5 heteroatoms. The Balaban J connectivity index is 2.53. The molecule has 1 saturated heterocycles. The molecule has 0 aliphatic carbocycles. The first-order valence-electron chi connectivity index (χ1n) is 3.36. The summed E-state index contributed by atoms with van der Waals surface area (Å²) in [5.74, 6) is 0. The van der Waals surface area contributed by atoms with Crippen molar-refractivity contribution in [1.82, 2.24) is 0 Å². The van der Waals surface area contributed by atoms with Crippen LogP contribution in [0.1, 0.15) is 0 Å². The average molecular weight is 164 g/mol. The number of ether oxygens (including phenoxy) is 2. The van der Waals surface area contributed by atoms with Crippen LogP contribution in [0.25, 0.3) is 0 Å². The highest BCUT2D eigenvalue weighted by atomic mass is 16.7. The predicted octanol–water partition coefficient (Wildman–Crippen LogP) is -1.93. The van der Waals surface area contributed by atoms with E-state index in [1.807, 2.05) is 0 Å². The molecule has 1 heterocycles. The molecule has 1 aliphatic heterocycles. The van der Waals surface area contributed by atoms with Crippen molar-refractivity contribution in [3.05, 3.63) is 0 Å². The van der Waals surface area contributed by atoms with E-state index in [0.717, 1.165) is 0 Å². The highest BCUT2D eigenvalue weighted by Gasteiger charge is 2.42. The maximum absolute atomic E-state index is 9.15. The van der Waals surface area contributed by atoms with E-state index in [4.69, 9.17) is 20.1 Å². The van der Waals surface area contributed by atoms with Crippen LogP contribution in [0.5, 0.6) is 0 Å². The van der Waals surface area contributed by atoms with Crippen LogP contribution in [0.2, 0.25) is 0 Å². The Labute approximate surface area is 64.2 Å². The Morgan fingerprint density at radius 1 is 1.36 bits per heavy atom. The zero-order chi connectivity index (χ0) is 8.43. The summed E-state index contributed by atoms with van der Waals surface area (Å²) in [6, 6.07) is 0. The fourth-order valence-electron chi connectivity index (χ4n) is 1.06. The van der Waals surface area contributed by atoms with E-state index in [0.29, 0.717) is 0 Å². The van der Waals surface area contributed by atoms with Crippen molar-refractivity contribution < 1.29 is 24.8 Å². The van der Waals surface area contributed by atoms with Crippen LogP contribution < -0.4 is 0 Å². The lowest BCUT2D eigenvalue weighted by Crippen LogP contribution is -2.34. The van der Waals surface area contributed by atoms with Crippen molar-refractivity contribution in [1.29, 1.82) is 0 Å². The number of aliphatic hydroxyl groups excluding tert-OH is 3. The Bertz CT molecular complexity index is 110. The minimum Gasteiger partial charge on any atom is -0.394 e. The Morgan fingerprint density at radius 2 is 2.00 bits per heavy atom. The van der Waals surface area contributed by atoms with Crippen molar-refractivity contribution >= 4 is 0 Å². The van der Waals surface area contributed by atoms with E-state index in [9.17, 15) is 0 Å². The third-order valence-electron chi connectivity index (χ3n) is 1.73.